The van der Waals surface area contributed by atoms with Crippen LogP contribution in [0.5, 0.6) is 5.88 Å². The number of ether oxygens (including phenoxy) is 1. The number of nitrogens with zero attached hydrogens (tertiary/aromatic N) is 2. The average molecular weight is 236 g/mol. The third-order valence-electron chi connectivity index (χ3n) is 2.78. The second-order valence-electron chi connectivity index (χ2n) is 4.77. The molecule has 94 valence electrons. The monoisotopic (exact) mass is 236 g/mol. The zero-order valence-electron chi connectivity index (χ0n) is 10.8. The Morgan fingerprint density at radius 1 is 1.47 bits per heavy atom. The first-order valence-electron chi connectivity index (χ1n) is 5.44. The minimum atomic E-state index is -0.0755. The maximum absolute atomic E-state index is 7.31. The first-order chi connectivity index (χ1) is 7.83. The van der Waals surface area contributed by atoms with Crippen LogP contribution in [-0.2, 0) is 0 Å². The number of nitrogen functional groups attached to an aromatic ring is 1. The molecule has 1 heterocycles. The van der Waals surface area contributed by atoms with E-state index in [0.717, 1.165) is 0 Å². The van der Waals surface area contributed by atoms with Crippen LogP contribution in [-0.4, -0.2) is 42.0 Å². The van der Waals surface area contributed by atoms with E-state index >= 15 is 0 Å². The molecule has 0 spiro atoms. The smallest absolute Gasteiger partial charge is 0.213 e. The van der Waals surface area contributed by atoms with Crippen molar-refractivity contribution in [2.45, 2.75) is 19.4 Å². The van der Waals surface area contributed by atoms with Gasteiger partial charge in [-0.15, -0.1) is 0 Å². The summed E-state index contributed by atoms with van der Waals surface area (Å²) in [5.41, 5.74) is 5.73. The van der Waals surface area contributed by atoms with Gasteiger partial charge in [-0.1, -0.05) is 6.07 Å². The summed E-state index contributed by atoms with van der Waals surface area (Å²) in [6, 6.07) is 5.23. The van der Waals surface area contributed by atoms with Crippen molar-refractivity contribution >= 4 is 5.84 Å². The van der Waals surface area contributed by atoms with Gasteiger partial charge in [0.15, 0.2) is 0 Å². The highest BCUT2D eigenvalue weighted by atomic mass is 16.5. The first kappa shape index (κ1) is 13.4. The summed E-state index contributed by atoms with van der Waals surface area (Å²) in [4.78, 5) is 6.23. The molecule has 3 N–H and O–H groups in total. The molecule has 0 aliphatic rings. The number of nitrogens with two attached hydrogens (primary N) is 1. The normalized spacial score (nSPS) is 11.6. The van der Waals surface area contributed by atoms with Crippen LogP contribution >= 0.6 is 0 Å². The van der Waals surface area contributed by atoms with Gasteiger partial charge in [0.25, 0.3) is 0 Å². The second-order valence-corrected chi connectivity index (χ2v) is 4.77. The number of hydrogen-bond acceptors (Lipinski definition) is 4. The third-order valence-corrected chi connectivity index (χ3v) is 2.78. The van der Waals surface area contributed by atoms with Gasteiger partial charge in [0.05, 0.1) is 0 Å². The van der Waals surface area contributed by atoms with Crippen molar-refractivity contribution in [3.63, 3.8) is 0 Å². The standard InChI is InChI=1S/C12H20N4O/c1-12(2,16(3)4)8-17-10-7-5-6-9(15-10)11(13)14/h5-7H,8H2,1-4H3,(H3,13,14). The van der Waals surface area contributed by atoms with Gasteiger partial charge in [-0.05, 0) is 34.0 Å². The molecule has 0 aliphatic heterocycles. The molecule has 1 aromatic heterocycles. The van der Waals surface area contributed by atoms with Crippen LogP contribution in [0.1, 0.15) is 19.5 Å². The number of nitrogens with one attached hydrogen (secondary N) is 1. The maximum atomic E-state index is 7.31. The maximum Gasteiger partial charge on any atom is 0.213 e. The van der Waals surface area contributed by atoms with Crippen LogP contribution < -0.4 is 10.5 Å². The molecular formula is C12H20N4O. The molecule has 0 amide bonds. The number of hydrogen-bond donors (Lipinski definition) is 2. The number of pyridine rings is 1. The topological polar surface area (TPSA) is 75.2 Å². The highest BCUT2D eigenvalue weighted by Crippen LogP contribution is 2.14. The molecule has 1 rings (SSSR count). The summed E-state index contributed by atoms with van der Waals surface area (Å²) in [6.45, 7) is 4.69. The summed E-state index contributed by atoms with van der Waals surface area (Å²) in [5.74, 6) is 0.440. The van der Waals surface area contributed by atoms with E-state index in [1.807, 2.05) is 14.1 Å². The molecule has 0 unspecified atom stereocenters. The molecular weight excluding hydrogens is 216 g/mol. The van der Waals surface area contributed by atoms with Crippen LogP contribution in [0.2, 0.25) is 0 Å². The number of amidine groups is 1. The largest absolute Gasteiger partial charge is 0.476 e. The Kier molecular flexibility index (Phi) is 4.07. The third kappa shape index (κ3) is 3.71. The molecule has 0 aliphatic carbocycles. The Hall–Kier alpha value is -1.62. The fourth-order valence-corrected chi connectivity index (χ4v) is 1.02. The van der Waals surface area contributed by atoms with Gasteiger partial charge >= 0.3 is 0 Å². The lowest BCUT2D eigenvalue weighted by molar-refractivity contribution is 0.111. The lowest BCUT2D eigenvalue weighted by Gasteiger charge is -2.31. The first-order valence-corrected chi connectivity index (χ1v) is 5.44. The van der Waals surface area contributed by atoms with Crippen LogP contribution in [0.25, 0.3) is 0 Å². The van der Waals surface area contributed by atoms with Crippen LogP contribution in [0, 0.1) is 5.41 Å². The minimum absolute atomic E-state index is 0.0534. The van der Waals surface area contributed by atoms with Crippen molar-refractivity contribution in [2.75, 3.05) is 20.7 Å². The van der Waals surface area contributed by atoms with Crippen LogP contribution in [0.4, 0.5) is 0 Å². The average Bonchev–Trinajstić information content (AvgIpc) is 2.26. The summed E-state index contributed by atoms with van der Waals surface area (Å²) < 4.78 is 5.62. The lowest BCUT2D eigenvalue weighted by Crippen LogP contribution is -2.43. The quantitative estimate of drug-likeness (QED) is 0.592. The molecule has 0 saturated carbocycles. The lowest BCUT2D eigenvalue weighted by atomic mass is 10.1. The van der Waals surface area contributed by atoms with Crippen LogP contribution in [0.3, 0.4) is 0 Å². The molecule has 1 aromatic rings. The number of rotatable bonds is 5. The molecule has 0 saturated heterocycles. The summed E-state index contributed by atoms with van der Waals surface area (Å²) >= 11 is 0. The van der Waals surface area contributed by atoms with E-state index in [4.69, 9.17) is 15.9 Å². The van der Waals surface area contributed by atoms with E-state index in [1.54, 1.807) is 18.2 Å². The molecule has 0 radical (unpaired) electrons. The molecule has 0 aromatic carbocycles. The Labute approximate surface area is 102 Å². The highest BCUT2D eigenvalue weighted by Gasteiger charge is 2.21. The van der Waals surface area contributed by atoms with E-state index in [2.05, 4.69) is 23.7 Å². The fourth-order valence-electron chi connectivity index (χ4n) is 1.02. The predicted molar refractivity (Wildman–Crippen MR) is 68.5 cm³/mol. The van der Waals surface area contributed by atoms with Crippen molar-refractivity contribution < 1.29 is 4.74 Å². The summed E-state index contributed by atoms with van der Waals surface area (Å²) in [7, 11) is 4.01. The Balaban J connectivity index is 2.70. The van der Waals surface area contributed by atoms with E-state index in [-0.39, 0.29) is 11.4 Å². The SMILES string of the molecule is CN(C)C(C)(C)COc1cccc(C(=N)N)n1. The van der Waals surface area contributed by atoms with E-state index in [9.17, 15) is 0 Å². The summed E-state index contributed by atoms with van der Waals surface area (Å²) in [5, 5.41) is 7.31. The van der Waals surface area contributed by atoms with Crippen LogP contribution in [0.15, 0.2) is 18.2 Å². The van der Waals surface area contributed by atoms with Gasteiger partial charge in [-0.2, -0.15) is 0 Å². The van der Waals surface area contributed by atoms with Crippen molar-refractivity contribution in [3.05, 3.63) is 23.9 Å². The second kappa shape index (κ2) is 5.14. The van der Waals surface area contributed by atoms with Gasteiger partial charge < -0.3 is 15.4 Å². The minimum Gasteiger partial charge on any atom is -0.476 e. The Morgan fingerprint density at radius 3 is 2.65 bits per heavy atom. The fraction of sp³-hybridized carbons (Fsp3) is 0.500. The summed E-state index contributed by atoms with van der Waals surface area (Å²) in [6.07, 6.45) is 0. The van der Waals surface area contributed by atoms with Crippen molar-refractivity contribution in [1.29, 1.82) is 5.41 Å². The molecule has 5 heteroatoms. The Bertz CT molecular complexity index is 401. The molecule has 5 nitrogen and oxygen atoms in total. The molecule has 0 bridgehead atoms. The van der Waals surface area contributed by atoms with Crippen molar-refractivity contribution in [1.82, 2.24) is 9.88 Å². The van der Waals surface area contributed by atoms with E-state index in [1.165, 1.54) is 0 Å². The van der Waals surface area contributed by atoms with Gasteiger partial charge in [-0.3, -0.25) is 5.41 Å². The number of aromatic nitrogens is 1. The van der Waals surface area contributed by atoms with Gasteiger partial charge in [0.2, 0.25) is 5.88 Å². The van der Waals surface area contributed by atoms with Crippen molar-refractivity contribution in [2.24, 2.45) is 5.73 Å². The Morgan fingerprint density at radius 2 is 2.12 bits per heavy atom. The van der Waals surface area contributed by atoms with Crippen molar-refractivity contribution in [3.8, 4) is 5.88 Å². The zero-order valence-corrected chi connectivity index (χ0v) is 10.8. The number of likely N-dealkylation sites (N-methyl/N-ethyl adjacent to an activating group) is 1. The van der Waals surface area contributed by atoms with E-state index in [0.29, 0.717) is 18.2 Å². The predicted octanol–water partition coefficient (Wildman–Crippen LogP) is 1.08. The van der Waals surface area contributed by atoms with Gasteiger partial charge in [-0.25, -0.2) is 4.98 Å². The molecule has 0 fully saturated rings. The van der Waals surface area contributed by atoms with Gasteiger partial charge in [0, 0.05) is 11.6 Å². The highest BCUT2D eigenvalue weighted by molar-refractivity contribution is 5.93. The zero-order chi connectivity index (χ0) is 13.1. The molecule has 0 atom stereocenters. The molecule has 17 heavy (non-hydrogen) atoms. The van der Waals surface area contributed by atoms with Gasteiger partial charge in [0.1, 0.15) is 18.1 Å². The van der Waals surface area contributed by atoms with E-state index < -0.39 is 0 Å².